The van der Waals surface area contributed by atoms with E-state index in [0.29, 0.717) is 12.8 Å². The predicted octanol–water partition coefficient (Wildman–Crippen LogP) is 0.295. The Morgan fingerprint density at radius 3 is 2.21 bits per heavy atom. The molecule has 0 spiro atoms. The van der Waals surface area contributed by atoms with Crippen LogP contribution >= 0.6 is 9.24 Å². The third-order valence-corrected chi connectivity index (χ3v) is 2.65. The molecule has 0 N–H and O–H groups in total. The molecule has 1 saturated carbocycles. The van der Waals surface area contributed by atoms with Gasteiger partial charge in [0.05, 0.1) is 16.7 Å². The number of carbonyl (C=O) groups excluding carboxylic acids is 3. The average molecular weight is 253 g/mol. The Kier molecular flexibility index (Phi) is 5.60. The van der Waals surface area contributed by atoms with Gasteiger partial charge < -0.3 is 0 Å². The zero-order chi connectivity index (χ0) is 9.84. The van der Waals surface area contributed by atoms with Crippen molar-refractivity contribution in [3.05, 3.63) is 16.7 Å². The normalized spacial score (nSPS) is 20.4. The van der Waals surface area contributed by atoms with Crippen molar-refractivity contribution in [1.82, 2.24) is 0 Å². The second-order valence-corrected chi connectivity index (χ2v) is 3.52. The Labute approximate surface area is 93.7 Å². The van der Waals surface area contributed by atoms with Crippen molar-refractivity contribution < 1.29 is 31.2 Å². The van der Waals surface area contributed by atoms with Crippen LogP contribution in [0, 0.1) is 0 Å². The van der Waals surface area contributed by atoms with Crippen LogP contribution in [-0.2, 0) is 31.2 Å². The van der Waals surface area contributed by atoms with Gasteiger partial charge in [0.15, 0.2) is 0 Å². The van der Waals surface area contributed by atoms with E-state index >= 15 is 0 Å². The van der Waals surface area contributed by atoms with Gasteiger partial charge in [-0.3, -0.25) is 0 Å². The van der Waals surface area contributed by atoms with E-state index in [2.05, 4.69) is 9.24 Å². The van der Waals surface area contributed by atoms with Gasteiger partial charge in [-0.1, -0.05) is 0 Å². The first-order chi connectivity index (χ1) is 6.24. The van der Waals surface area contributed by atoms with E-state index < -0.39 is 0 Å². The van der Waals surface area contributed by atoms with Crippen molar-refractivity contribution in [3.63, 3.8) is 0 Å². The summed E-state index contributed by atoms with van der Waals surface area (Å²) in [5.41, 5.74) is 0.374. The smallest absolute Gasteiger partial charge is 0.134 e. The molecule has 2 unspecified atom stereocenters. The van der Waals surface area contributed by atoms with E-state index in [-0.39, 0.29) is 39.2 Å². The molecule has 0 amide bonds. The number of rotatable bonds is 0. The average Bonchev–Trinajstić information content (AvgIpc) is 2.17. The summed E-state index contributed by atoms with van der Waals surface area (Å²) in [7, 11) is 2.44. The first kappa shape index (κ1) is 13.3. The second kappa shape index (κ2) is 5.90. The van der Waals surface area contributed by atoms with Crippen molar-refractivity contribution >= 4 is 27.1 Å². The van der Waals surface area contributed by atoms with Crippen LogP contribution in [0.25, 0.3) is 0 Å². The van der Waals surface area contributed by atoms with Crippen LogP contribution in [0.1, 0.15) is 12.8 Å². The van der Waals surface area contributed by atoms with Crippen LogP contribution in [0.15, 0.2) is 16.7 Å². The van der Waals surface area contributed by atoms with Gasteiger partial charge >= 0.3 is 0 Å². The van der Waals surface area contributed by atoms with Crippen LogP contribution in [0.4, 0.5) is 0 Å². The summed E-state index contributed by atoms with van der Waals surface area (Å²) in [5.74, 6) is 4.90. The summed E-state index contributed by atoms with van der Waals surface area (Å²) in [5, 5.41) is 0. The topological polar surface area (TPSA) is 51.2 Å². The molecule has 0 aromatic carbocycles. The SMILES string of the molecule is O=C=C1CCC(P)C(=C=O)C1=C=O.[Co]. The first-order valence-corrected chi connectivity index (χ1v) is 4.41. The maximum atomic E-state index is 10.5. The second-order valence-electron chi connectivity index (χ2n) is 2.72. The molecule has 1 aliphatic carbocycles. The minimum absolute atomic E-state index is 0. The minimum atomic E-state index is -0.106. The fourth-order valence-corrected chi connectivity index (χ4v) is 1.66. The Balaban J connectivity index is 0.00000169. The number of hydrogen-bond acceptors (Lipinski definition) is 3. The molecular formula is C9H7CoO3P. The molecule has 1 rings (SSSR count). The van der Waals surface area contributed by atoms with E-state index in [0.717, 1.165) is 0 Å². The summed E-state index contributed by atoms with van der Waals surface area (Å²) in [6.45, 7) is 0. The first-order valence-electron chi connectivity index (χ1n) is 3.75. The quantitative estimate of drug-likeness (QED) is 0.460. The molecule has 1 fully saturated rings. The van der Waals surface area contributed by atoms with Gasteiger partial charge in [-0.2, -0.15) is 0 Å². The van der Waals surface area contributed by atoms with Crippen LogP contribution in [0.3, 0.4) is 0 Å². The van der Waals surface area contributed by atoms with E-state index in [9.17, 15) is 14.4 Å². The molecule has 3 nitrogen and oxygen atoms in total. The molecule has 14 heavy (non-hydrogen) atoms. The standard InChI is InChI=1S/C9H7O3P.Co/c10-3-6-1-2-9(13)8(5-12)7(6)4-11;/h9H,1-2,13H2;. The van der Waals surface area contributed by atoms with Crippen molar-refractivity contribution in [3.8, 4) is 0 Å². The molecule has 1 radical (unpaired) electrons. The summed E-state index contributed by atoms with van der Waals surface area (Å²) in [6.07, 6.45) is 1.11. The van der Waals surface area contributed by atoms with Crippen molar-refractivity contribution in [2.45, 2.75) is 18.5 Å². The molecule has 5 heteroatoms. The molecule has 1 aliphatic rings. The Morgan fingerprint density at radius 2 is 1.79 bits per heavy atom. The van der Waals surface area contributed by atoms with Crippen LogP contribution in [0.2, 0.25) is 0 Å². The molecule has 0 bridgehead atoms. The number of allylic oxidation sites excluding steroid dienone is 3. The van der Waals surface area contributed by atoms with Crippen LogP contribution in [0.5, 0.6) is 0 Å². The van der Waals surface area contributed by atoms with Crippen LogP contribution in [-0.4, -0.2) is 23.5 Å². The molecule has 0 aliphatic heterocycles. The van der Waals surface area contributed by atoms with E-state index in [1.807, 2.05) is 0 Å². The monoisotopic (exact) mass is 253 g/mol. The maximum Gasteiger partial charge on any atom is 0.134 e. The van der Waals surface area contributed by atoms with Crippen molar-refractivity contribution in [1.29, 1.82) is 0 Å². The largest absolute Gasteiger partial charge is 0.233 e. The summed E-state index contributed by atoms with van der Waals surface area (Å²) in [4.78, 5) is 31.3. The van der Waals surface area contributed by atoms with Gasteiger partial charge in [0.1, 0.15) is 17.8 Å². The van der Waals surface area contributed by atoms with E-state index in [1.54, 1.807) is 17.8 Å². The third kappa shape index (κ3) is 2.40. The van der Waals surface area contributed by atoms with E-state index in [1.165, 1.54) is 0 Å². The van der Waals surface area contributed by atoms with Gasteiger partial charge in [0, 0.05) is 22.4 Å². The van der Waals surface area contributed by atoms with Crippen LogP contribution < -0.4 is 0 Å². The predicted molar refractivity (Wildman–Crippen MR) is 50.4 cm³/mol. The van der Waals surface area contributed by atoms with E-state index in [4.69, 9.17) is 0 Å². The number of hydrogen-bond donors (Lipinski definition) is 0. The molecule has 0 heterocycles. The van der Waals surface area contributed by atoms with Gasteiger partial charge in [0.25, 0.3) is 0 Å². The molecular weight excluding hydrogens is 246 g/mol. The molecule has 0 saturated heterocycles. The summed E-state index contributed by atoms with van der Waals surface area (Å²) < 4.78 is 0. The zero-order valence-corrected chi connectivity index (χ0v) is 9.32. The Hall–Kier alpha value is -0.714. The molecule has 0 aromatic heterocycles. The maximum absolute atomic E-state index is 10.5. The fourth-order valence-electron chi connectivity index (χ4n) is 1.26. The van der Waals surface area contributed by atoms with Crippen molar-refractivity contribution in [2.24, 2.45) is 0 Å². The van der Waals surface area contributed by atoms with Gasteiger partial charge in [-0.05, 0) is 12.8 Å². The van der Waals surface area contributed by atoms with Gasteiger partial charge in [-0.25, -0.2) is 14.4 Å². The van der Waals surface area contributed by atoms with Gasteiger partial charge in [0.2, 0.25) is 0 Å². The zero-order valence-electron chi connectivity index (χ0n) is 7.13. The van der Waals surface area contributed by atoms with Crippen molar-refractivity contribution in [2.75, 3.05) is 0 Å². The molecule has 0 aromatic rings. The molecule has 2 atom stereocenters. The third-order valence-electron chi connectivity index (χ3n) is 1.98. The Morgan fingerprint density at radius 1 is 1.14 bits per heavy atom. The Bertz CT molecular complexity index is 383. The molecule has 75 valence electrons. The fraction of sp³-hybridized carbons (Fsp3) is 0.333. The summed E-state index contributed by atoms with van der Waals surface area (Å²) >= 11 is 0. The van der Waals surface area contributed by atoms with Gasteiger partial charge in [-0.15, -0.1) is 9.24 Å². The summed E-state index contributed by atoms with van der Waals surface area (Å²) in [6, 6.07) is 0. The minimum Gasteiger partial charge on any atom is -0.233 e.